The molecule has 0 aliphatic carbocycles. The van der Waals surface area contributed by atoms with Crippen LogP contribution in [-0.2, 0) is 72.0 Å². The predicted octanol–water partition coefficient (Wildman–Crippen LogP) is -0.672. The molecule has 19 N–H and O–H groups in total. The van der Waals surface area contributed by atoms with E-state index in [0.717, 1.165) is 0 Å². The van der Waals surface area contributed by atoms with Gasteiger partial charge in [0, 0.05) is 38.9 Å². The van der Waals surface area contributed by atoms with E-state index in [9.17, 15) is 53.1 Å². The second-order valence-electron chi connectivity index (χ2n) is 25.0. The maximum Gasteiger partial charge on any atom is 0.246 e. The molecule has 2 heterocycles. The van der Waals surface area contributed by atoms with Crippen molar-refractivity contribution in [2.45, 2.75) is 191 Å². The van der Waals surface area contributed by atoms with Crippen molar-refractivity contribution in [3.8, 4) is 5.75 Å². The fraction of sp³-hybridized carbons (Fsp3) is 0.552. The molecule has 95 heavy (non-hydrogen) atoms. The number of hydrogen-bond donors (Lipinski definition) is 15. The average molecular weight is 1320 g/mol. The molecule has 3 aromatic rings. The third-order valence-electron chi connectivity index (χ3n) is 16.3. The number of rotatable bonds is 24. The maximum atomic E-state index is 15.2. The summed E-state index contributed by atoms with van der Waals surface area (Å²) < 4.78 is 0. The first kappa shape index (κ1) is 76.5. The van der Waals surface area contributed by atoms with Gasteiger partial charge in [-0.25, -0.2) is 0 Å². The lowest BCUT2D eigenvalue weighted by molar-refractivity contribution is -0.142. The quantitative estimate of drug-likeness (QED) is 0.0300. The Morgan fingerprint density at radius 1 is 0.537 bits per heavy atom. The lowest BCUT2D eigenvalue weighted by Crippen LogP contribution is -2.62. The van der Waals surface area contributed by atoms with Crippen molar-refractivity contribution in [1.82, 2.24) is 58.1 Å². The minimum Gasteiger partial charge on any atom is -0.508 e. The molecular formula is C67H100N16O12. The van der Waals surface area contributed by atoms with Gasteiger partial charge < -0.3 is 86.1 Å². The molecule has 2 fully saturated rings. The molecule has 0 spiro atoms. The first-order valence-electron chi connectivity index (χ1n) is 33.0. The predicted molar refractivity (Wildman–Crippen MR) is 358 cm³/mol. The Morgan fingerprint density at radius 3 is 1.52 bits per heavy atom. The van der Waals surface area contributed by atoms with Crippen molar-refractivity contribution in [3.05, 3.63) is 102 Å². The van der Waals surface area contributed by atoms with Crippen LogP contribution >= 0.6 is 0 Å². The van der Waals surface area contributed by atoms with Gasteiger partial charge in [0.25, 0.3) is 0 Å². The highest BCUT2D eigenvalue weighted by atomic mass is 16.3. The maximum absolute atomic E-state index is 15.2. The zero-order valence-corrected chi connectivity index (χ0v) is 55.3. The highest BCUT2D eigenvalue weighted by Crippen LogP contribution is 2.22. The second-order valence-corrected chi connectivity index (χ2v) is 25.0. The number of hydrogen-bond acceptors (Lipinski definition) is 15. The van der Waals surface area contributed by atoms with Gasteiger partial charge in [-0.1, -0.05) is 107 Å². The first-order chi connectivity index (χ1) is 45.4. The van der Waals surface area contributed by atoms with Crippen molar-refractivity contribution in [2.75, 3.05) is 32.7 Å². The van der Waals surface area contributed by atoms with E-state index in [1.54, 1.807) is 74.5 Å². The van der Waals surface area contributed by atoms with Crippen LogP contribution in [0.25, 0.3) is 0 Å². The Hall–Kier alpha value is -9.18. The van der Waals surface area contributed by atoms with Crippen LogP contribution in [0.2, 0.25) is 0 Å². The van der Waals surface area contributed by atoms with Crippen LogP contribution in [0.1, 0.15) is 128 Å². The van der Waals surface area contributed by atoms with E-state index in [4.69, 9.17) is 22.9 Å². The van der Waals surface area contributed by atoms with E-state index in [0.29, 0.717) is 36.0 Å². The Labute approximate surface area is 556 Å². The number of nitrogens with two attached hydrogens (primary N) is 4. The Bertz CT molecular complexity index is 3060. The zero-order chi connectivity index (χ0) is 69.6. The minimum absolute atomic E-state index is 0.00369. The van der Waals surface area contributed by atoms with Gasteiger partial charge in [0.15, 0.2) is 5.96 Å². The molecule has 28 nitrogen and oxygen atoms in total. The molecule has 2 aliphatic rings. The summed E-state index contributed by atoms with van der Waals surface area (Å²) in [4.78, 5) is 167. The zero-order valence-electron chi connectivity index (χ0n) is 55.3. The van der Waals surface area contributed by atoms with Gasteiger partial charge in [0.1, 0.15) is 66.2 Å². The van der Waals surface area contributed by atoms with Gasteiger partial charge >= 0.3 is 0 Å². The molecule has 11 amide bonds. The largest absolute Gasteiger partial charge is 0.508 e. The van der Waals surface area contributed by atoms with E-state index in [1.807, 2.05) is 20.8 Å². The number of aromatic hydroxyl groups is 1. The van der Waals surface area contributed by atoms with Gasteiger partial charge in [0.2, 0.25) is 65.0 Å². The van der Waals surface area contributed by atoms with Crippen LogP contribution in [0.15, 0.2) is 89.9 Å². The monoisotopic (exact) mass is 1320 g/mol. The molecule has 0 saturated carbocycles. The van der Waals surface area contributed by atoms with Crippen molar-refractivity contribution >= 4 is 70.9 Å². The van der Waals surface area contributed by atoms with Gasteiger partial charge in [0.05, 0.1) is 6.42 Å². The summed E-state index contributed by atoms with van der Waals surface area (Å²) in [5.74, 6) is -10.0. The van der Waals surface area contributed by atoms with Crippen molar-refractivity contribution in [1.29, 1.82) is 0 Å². The number of phenols is 1. The molecule has 0 bridgehead atoms. The van der Waals surface area contributed by atoms with E-state index in [1.165, 1.54) is 29.2 Å². The molecule has 0 aromatic heterocycles. The standard InChI is InChI=1S/C67H100N16O12/c1-6-32-72-55(85)39-52-62(91)74-46(22-13-14-30-68)57(86)78-51(37-44-26-28-45(84)29-27-44)63(92)82-56(41(4)5)65(94)76-47(23-15-31-69)58(87)77-49(35-40(2)3)60(89)81-53(38-43-20-11-8-12-21-43)66(95)83-34-17-25-54(83)64(93)80-50(36-42-18-9-7-10-19-42)61(90)75-48(59(88)79-52)24-16-33-73-67(70)71/h7-12,18-21,26-29,40-41,46-54,56,84H,6,13-17,22-25,30-39,68-69H2,1-5H3,(H,72,85)(H,74,91)(H,75,90)(H,76,94)(H,77,87)(H,78,86)(H,79,88)(H,80,93)(H,81,89)(H,82,92)(H4,70,71,73)/t46-,47-,48+,49+,50+,51-,52+,53+,54-,56-/m0/s1. The number of amides is 11. The highest BCUT2D eigenvalue weighted by Gasteiger charge is 2.42. The Balaban J connectivity index is 1.68. The average Bonchev–Trinajstić information content (AvgIpc) is 1.78. The minimum atomic E-state index is -1.71. The summed E-state index contributed by atoms with van der Waals surface area (Å²) in [6.07, 6.45) is 0.847. The van der Waals surface area contributed by atoms with Gasteiger partial charge in [-0.15, -0.1) is 0 Å². The van der Waals surface area contributed by atoms with E-state index in [-0.39, 0.29) is 121 Å². The molecule has 3 aromatic carbocycles. The normalized spacial score (nSPS) is 23.5. The van der Waals surface area contributed by atoms with E-state index >= 15 is 4.79 Å². The number of fused-ring (bicyclic) bond motifs is 1. The number of guanidine groups is 1. The smallest absolute Gasteiger partial charge is 0.246 e. The van der Waals surface area contributed by atoms with Gasteiger partial charge in [-0.05, 0) is 124 Å². The van der Waals surface area contributed by atoms with E-state index in [2.05, 4.69) is 58.2 Å². The molecule has 0 radical (unpaired) electrons. The molecule has 10 atom stereocenters. The van der Waals surface area contributed by atoms with Crippen LogP contribution in [0.5, 0.6) is 5.75 Å². The van der Waals surface area contributed by atoms with Gasteiger partial charge in [-0.3, -0.25) is 57.7 Å². The third-order valence-corrected chi connectivity index (χ3v) is 16.3. The van der Waals surface area contributed by atoms with Crippen LogP contribution in [0, 0.1) is 11.8 Å². The number of phenolic OH excluding ortho intramolecular Hbond substituents is 1. The van der Waals surface area contributed by atoms with Crippen LogP contribution in [0.4, 0.5) is 0 Å². The number of nitrogens with one attached hydrogen (secondary N) is 10. The molecule has 28 heteroatoms. The molecule has 2 saturated heterocycles. The van der Waals surface area contributed by atoms with Crippen molar-refractivity contribution < 1.29 is 57.8 Å². The number of nitrogens with zero attached hydrogens (tertiary/aromatic N) is 2. The summed E-state index contributed by atoms with van der Waals surface area (Å²) in [5, 5.41) is 37.8. The molecule has 0 unspecified atom stereocenters. The summed E-state index contributed by atoms with van der Waals surface area (Å²) in [6.45, 7) is 9.37. The summed E-state index contributed by atoms with van der Waals surface area (Å²) in [7, 11) is 0. The third kappa shape index (κ3) is 25.6. The molecule has 5 rings (SSSR count). The lowest BCUT2D eigenvalue weighted by atomic mass is 9.98. The summed E-state index contributed by atoms with van der Waals surface area (Å²) in [6, 6.07) is 9.42. The van der Waals surface area contributed by atoms with Gasteiger partial charge in [-0.2, -0.15) is 0 Å². The number of benzene rings is 3. The number of carbonyl (C=O) groups is 11. The molecule has 520 valence electrons. The summed E-state index contributed by atoms with van der Waals surface area (Å²) in [5.41, 5.74) is 24.8. The number of aliphatic imine (C=N–C) groups is 1. The fourth-order valence-corrected chi connectivity index (χ4v) is 11.2. The van der Waals surface area contributed by atoms with Crippen molar-refractivity contribution in [2.24, 2.45) is 39.8 Å². The Morgan fingerprint density at radius 2 is 0.979 bits per heavy atom. The Kier molecular flexibility index (Phi) is 31.8. The number of unbranched alkanes of at least 4 members (excludes halogenated alkanes) is 1. The first-order valence-corrected chi connectivity index (χ1v) is 33.0. The topological polar surface area (TPSA) is 448 Å². The van der Waals surface area contributed by atoms with E-state index < -0.39 is 138 Å². The fourth-order valence-electron chi connectivity index (χ4n) is 11.2. The number of carbonyl (C=O) groups excluding carboxylic acids is 11. The molecular weight excluding hydrogens is 1220 g/mol. The van der Waals surface area contributed by atoms with Crippen LogP contribution in [-0.4, -0.2) is 174 Å². The van der Waals surface area contributed by atoms with Crippen LogP contribution < -0.4 is 76.1 Å². The summed E-state index contributed by atoms with van der Waals surface area (Å²) >= 11 is 0. The SMILES string of the molecule is CCCNC(=O)C[C@H]1NC(=O)[C@@H](CCCN=C(N)N)NC(=O)[C@@H](Cc2ccccc2)NC(=O)[C@@H]2CCCN2C(=O)[C@@H](Cc2ccccc2)NC(=O)[C@@H](CC(C)C)NC(=O)[C@H](CCCN)NC(=O)[C@H](C(C)C)NC(=O)[C@H](Cc2ccc(O)cc2)NC(=O)[C@H](CCCCN)NC1=O. The van der Waals surface area contributed by atoms with Crippen molar-refractivity contribution in [3.63, 3.8) is 0 Å². The highest BCUT2D eigenvalue weighted by molar-refractivity contribution is 6.00. The molecule has 2 aliphatic heterocycles. The van der Waals surface area contributed by atoms with Crippen LogP contribution in [0.3, 0.4) is 0 Å². The lowest BCUT2D eigenvalue weighted by Gasteiger charge is -2.32. The second kappa shape index (κ2) is 39.5.